The number of hydrogen-bond acceptors (Lipinski definition) is 4. The number of anilines is 1. The van der Waals surface area contributed by atoms with E-state index in [2.05, 4.69) is 9.97 Å². The predicted octanol–water partition coefficient (Wildman–Crippen LogP) is 4.54. The Bertz CT molecular complexity index is 851. The molecule has 1 heterocycles. The van der Waals surface area contributed by atoms with Crippen LogP contribution in [-0.2, 0) is 6.18 Å². The van der Waals surface area contributed by atoms with E-state index in [1.807, 2.05) is 0 Å². The van der Waals surface area contributed by atoms with Crippen LogP contribution in [0.4, 0.5) is 18.9 Å². The number of nitrogens with two attached hydrogens (primary N) is 1. The summed E-state index contributed by atoms with van der Waals surface area (Å²) in [6, 6.07) is 9.58. The van der Waals surface area contributed by atoms with Crippen molar-refractivity contribution in [3.05, 3.63) is 66.7 Å². The highest BCUT2D eigenvalue weighted by Gasteiger charge is 2.30. The van der Waals surface area contributed by atoms with Crippen molar-refractivity contribution in [2.45, 2.75) is 6.18 Å². The lowest BCUT2D eigenvalue weighted by Crippen LogP contribution is -2.04. The Labute approximate surface area is 135 Å². The first kappa shape index (κ1) is 15.8. The van der Waals surface area contributed by atoms with Crippen molar-refractivity contribution in [2.24, 2.45) is 0 Å². The Morgan fingerprint density at radius 1 is 0.958 bits per heavy atom. The van der Waals surface area contributed by atoms with Crippen LogP contribution in [0.5, 0.6) is 11.5 Å². The van der Waals surface area contributed by atoms with Gasteiger partial charge in [-0.15, -0.1) is 0 Å². The van der Waals surface area contributed by atoms with Crippen molar-refractivity contribution in [2.75, 3.05) is 5.73 Å². The van der Waals surface area contributed by atoms with Crippen LogP contribution < -0.4 is 10.5 Å². The van der Waals surface area contributed by atoms with Gasteiger partial charge in [0.2, 0.25) is 0 Å². The third kappa shape index (κ3) is 3.45. The Hall–Kier alpha value is -3.09. The van der Waals surface area contributed by atoms with Crippen molar-refractivity contribution >= 4 is 5.69 Å². The summed E-state index contributed by atoms with van der Waals surface area (Å²) < 4.78 is 44.1. The van der Waals surface area contributed by atoms with Gasteiger partial charge in [-0.2, -0.15) is 13.2 Å². The maximum atomic E-state index is 12.8. The van der Waals surface area contributed by atoms with Crippen molar-refractivity contribution in [1.82, 2.24) is 9.97 Å². The molecule has 24 heavy (non-hydrogen) atoms. The molecule has 0 saturated heterocycles. The molecule has 3 aromatic rings. The molecule has 0 unspecified atom stereocenters. The van der Waals surface area contributed by atoms with E-state index in [1.165, 1.54) is 18.5 Å². The molecular formula is C17H12F3N3O. The lowest BCUT2D eigenvalue weighted by molar-refractivity contribution is -0.137. The van der Waals surface area contributed by atoms with E-state index in [0.717, 1.165) is 12.1 Å². The van der Waals surface area contributed by atoms with Crippen molar-refractivity contribution in [3.63, 3.8) is 0 Å². The average molecular weight is 331 g/mol. The van der Waals surface area contributed by atoms with Gasteiger partial charge in [-0.05, 0) is 30.3 Å². The van der Waals surface area contributed by atoms with E-state index in [-0.39, 0.29) is 5.75 Å². The first-order valence-electron chi connectivity index (χ1n) is 6.93. The normalized spacial score (nSPS) is 11.3. The number of rotatable bonds is 3. The molecule has 0 amide bonds. The number of hydrogen-bond donors (Lipinski definition) is 1. The monoisotopic (exact) mass is 331 g/mol. The molecule has 122 valence electrons. The second kappa shape index (κ2) is 6.19. The summed E-state index contributed by atoms with van der Waals surface area (Å²) in [5, 5.41) is 0. The molecule has 3 rings (SSSR count). The van der Waals surface area contributed by atoms with E-state index >= 15 is 0 Å². The number of nitrogens with zero attached hydrogens (tertiary/aromatic N) is 2. The topological polar surface area (TPSA) is 61.0 Å². The van der Waals surface area contributed by atoms with Gasteiger partial charge in [0.1, 0.15) is 17.8 Å². The molecule has 0 aliphatic heterocycles. The fourth-order valence-corrected chi connectivity index (χ4v) is 2.16. The summed E-state index contributed by atoms with van der Waals surface area (Å²) in [4.78, 5) is 7.86. The van der Waals surface area contributed by atoms with E-state index in [9.17, 15) is 13.2 Å². The number of aromatic nitrogens is 2. The lowest BCUT2D eigenvalue weighted by Gasteiger charge is -2.13. The average Bonchev–Trinajstić information content (AvgIpc) is 2.55. The molecule has 4 nitrogen and oxygen atoms in total. The van der Waals surface area contributed by atoms with E-state index < -0.39 is 11.7 Å². The molecule has 0 spiro atoms. The fraction of sp³-hybridized carbons (Fsp3) is 0.0588. The van der Waals surface area contributed by atoms with Gasteiger partial charge in [0, 0.05) is 35.3 Å². The SMILES string of the molecule is Nc1ccc(-c2cncnc2)c(Oc2cccc(C(F)(F)F)c2)c1. The van der Waals surface area contributed by atoms with Crippen LogP contribution in [0.25, 0.3) is 11.1 Å². The molecule has 0 atom stereocenters. The quantitative estimate of drug-likeness (QED) is 0.716. The fourth-order valence-electron chi connectivity index (χ4n) is 2.16. The van der Waals surface area contributed by atoms with Crippen molar-refractivity contribution in [3.8, 4) is 22.6 Å². The van der Waals surface area contributed by atoms with Gasteiger partial charge in [-0.1, -0.05) is 6.07 Å². The number of benzene rings is 2. The number of halogens is 3. The highest BCUT2D eigenvalue weighted by molar-refractivity contribution is 5.72. The lowest BCUT2D eigenvalue weighted by atomic mass is 10.1. The van der Waals surface area contributed by atoms with E-state index in [1.54, 1.807) is 30.6 Å². The minimum Gasteiger partial charge on any atom is -0.457 e. The van der Waals surface area contributed by atoms with Crippen LogP contribution in [0.3, 0.4) is 0 Å². The summed E-state index contributed by atoms with van der Waals surface area (Å²) >= 11 is 0. The third-order valence-corrected chi connectivity index (χ3v) is 3.27. The van der Waals surface area contributed by atoms with Gasteiger partial charge in [-0.3, -0.25) is 0 Å². The summed E-state index contributed by atoms with van der Waals surface area (Å²) in [7, 11) is 0. The highest BCUT2D eigenvalue weighted by Crippen LogP contribution is 2.36. The van der Waals surface area contributed by atoms with Crippen LogP contribution in [0.15, 0.2) is 61.2 Å². The van der Waals surface area contributed by atoms with Gasteiger partial charge in [0.05, 0.1) is 5.56 Å². The van der Waals surface area contributed by atoms with Crippen LogP contribution in [0, 0.1) is 0 Å². The number of alkyl halides is 3. The largest absolute Gasteiger partial charge is 0.457 e. The smallest absolute Gasteiger partial charge is 0.416 e. The maximum absolute atomic E-state index is 12.8. The minimum absolute atomic E-state index is 0.0634. The van der Waals surface area contributed by atoms with Crippen molar-refractivity contribution in [1.29, 1.82) is 0 Å². The zero-order chi connectivity index (χ0) is 17.2. The third-order valence-electron chi connectivity index (χ3n) is 3.27. The summed E-state index contributed by atoms with van der Waals surface area (Å²) in [6.07, 6.45) is 0.106. The molecule has 1 aromatic heterocycles. The van der Waals surface area contributed by atoms with E-state index in [0.29, 0.717) is 22.6 Å². The standard InChI is InChI=1S/C17H12F3N3O/c18-17(19,20)12-2-1-3-14(6-12)24-16-7-13(21)4-5-15(16)11-8-22-10-23-9-11/h1-10H,21H2. The second-order valence-corrected chi connectivity index (χ2v) is 5.01. The summed E-state index contributed by atoms with van der Waals surface area (Å²) in [5.41, 5.74) is 6.70. The molecule has 0 aliphatic carbocycles. The Morgan fingerprint density at radius 2 is 1.71 bits per heavy atom. The summed E-state index contributed by atoms with van der Waals surface area (Å²) in [5.74, 6) is 0.387. The first-order chi connectivity index (χ1) is 11.4. The molecular weight excluding hydrogens is 319 g/mol. The Kier molecular flexibility index (Phi) is 4.07. The first-order valence-corrected chi connectivity index (χ1v) is 6.93. The zero-order valence-electron chi connectivity index (χ0n) is 12.3. The number of ether oxygens (including phenoxy) is 1. The van der Waals surface area contributed by atoms with Gasteiger partial charge in [-0.25, -0.2) is 9.97 Å². The Morgan fingerprint density at radius 3 is 2.42 bits per heavy atom. The Balaban J connectivity index is 2.00. The van der Waals surface area contributed by atoms with E-state index in [4.69, 9.17) is 10.5 Å². The van der Waals surface area contributed by atoms with Gasteiger partial charge in [0.15, 0.2) is 0 Å². The molecule has 7 heteroatoms. The predicted molar refractivity (Wildman–Crippen MR) is 83.4 cm³/mol. The van der Waals surface area contributed by atoms with Crippen LogP contribution in [0.2, 0.25) is 0 Å². The molecule has 0 radical (unpaired) electrons. The van der Waals surface area contributed by atoms with Gasteiger partial charge >= 0.3 is 6.18 Å². The molecule has 0 aliphatic rings. The van der Waals surface area contributed by atoms with Crippen LogP contribution in [-0.4, -0.2) is 9.97 Å². The zero-order valence-corrected chi connectivity index (χ0v) is 12.3. The molecule has 2 aromatic carbocycles. The summed E-state index contributed by atoms with van der Waals surface area (Å²) in [6.45, 7) is 0. The van der Waals surface area contributed by atoms with Gasteiger partial charge < -0.3 is 10.5 Å². The molecule has 0 bridgehead atoms. The maximum Gasteiger partial charge on any atom is 0.416 e. The highest BCUT2D eigenvalue weighted by atomic mass is 19.4. The van der Waals surface area contributed by atoms with Crippen LogP contribution in [0.1, 0.15) is 5.56 Å². The molecule has 2 N–H and O–H groups in total. The van der Waals surface area contributed by atoms with Crippen LogP contribution >= 0.6 is 0 Å². The second-order valence-electron chi connectivity index (χ2n) is 5.01. The molecule has 0 fully saturated rings. The number of nitrogen functional groups attached to an aromatic ring is 1. The minimum atomic E-state index is -4.44. The van der Waals surface area contributed by atoms with Gasteiger partial charge in [0.25, 0.3) is 0 Å². The van der Waals surface area contributed by atoms with Crippen molar-refractivity contribution < 1.29 is 17.9 Å². The molecule has 0 saturated carbocycles.